The summed E-state index contributed by atoms with van der Waals surface area (Å²) in [6.07, 6.45) is 0. The number of cyclic esters (lactones) is 1. The fourth-order valence-corrected chi connectivity index (χ4v) is 4.36. The predicted molar refractivity (Wildman–Crippen MR) is 73.7 cm³/mol. The summed E-state index contributed by atoms with van der Waals surface area (Å²) in [5.41, 5.74) is 0.418. The maximum absolute atomic E-state index is 13.0. The lowest BCUT2D eigenvalue weighted by Gasteiger charge is -2.30. The van der Waals surface area contributed by atoms with Crippen molar-refractivity contribution in [1.29, 1.82) is 0 Å². The zero-order valence-electron chi connectivity index (χ0n) is 11.6. The Morgan fingerprint density at radius 1 is 1.35 bits per heavy atom. The molecule has 1 saturated heterocycles. The highest BCUT2D eigenvalue weighted by Crippen LogP contribution is 2.53. The Morgan fingerprint density at radius 3 is 2.65 bits per heavy atom. The Balaban J connectivity index is 2.11. The van der Waals surface area contributed by atoms with Crippen LogP contribution < -0.4 is 0 Å². The second-order valence-electron chi connectivity index (χ2n) is 5.61. The molecule has 4 atom stereocenters. The molecule has 0 aliphatic carbocycles. The zero-order chi connectivity index (χ0) is 14.5. The summed E-state index contributed by atoms with van der Waals surface area (Å²) in [6, 6.07) is 7.09. The van der Waals surface area contributed by atoms with E-state index in [0.29, 0.717) is 4.90 Å². The average molecular weight is 292 g/mol. The second-order valence-corrected chi connectivity index (χ2v) is 7.21. The fraction of sp³-hybridized carbons (Fsp3) is 0.500. The molecule has 6 heteroatoms. The first-order chi connectivity index (χ1) is 9.42. The van der Waals surface area contributed by atoms with E-state index in [4.69, 9.17) is 4.74 Å². The van der Waals surface area contributed by atoms with Gasteiger partial charge in [0.15, 0.2) is 0 Å². The molecule has 2 aliphatic rings. The maximum atomic E-state index is 13.0. The molecule has 0 radical (unpaired) electrons. The number of carbonyl (C=O) groups is 1. The molecular weight excluding hydrogens is 276 g/mol. The molecule has 0 amide bonds. The van der Waals surface area contributed by atoms with Gasteiger partial charge in [-0.1, -0.05) is 24.6 Å². The summed E-state index contributed by atoms with van der Waals surface area (Å²) in [7, 11) is -1.62. The van der Waals surface area contributed by atoms with Crippen LogP contribution in [0.4, 0.5) is 0 Å². The van der Waals surface area contributed by atoms with Gasteiger partial charge in [-0.05, 0) is 26.0 Å². The van der Waals surface area contributed by atoms with Crippen LogP contribution in [0.2, 0.25) is 0 Å². The van der Waals surface area contributed by atoms with Crippen LogP contribution in [0.25, 0.3) is 0 Å². The maximum Gasteiger partial charge on any atom is 0.350 e. The van der Waals surface area contributed by atoms with Gasteiger partial charge in [-0.3, -0.25) is 4.21 Å². The van der Waals surface area contributed by atoms with Gasteiger partial charge in [0.25, 0.3) is 4.87 Å². The number of nitrogens with zero attached hydrogens (tertiary/aromatic N) is 2. The Kier molecular flexibility index (Phi) is 2.83. The smallest absolute Gasteiger partial charge is 0.350 e. The molecule has 20 heavy (non-hydrogen) atoms. The Morgan fingerprint density at radius 2 is 2.00 bits per heavy atom. The van der Waals surface area contributed by atoms with Gasteiger partial charge in [0, 0.05) is 4.90 Å². The number of fused-ring (bicyclic) bond motifs is 1. The van der Waals surface area contributed by atoms with Crippen molar-refractivity contribution in [3.8, 4) is 0 Å². The molecule has 1 unspecified atom stereocenters. The third-order valence-corrected chi connectivity index (χ3v) is 6.30. The van der Waals surface area contributed by atoms with Crippen molar-refractivity contribution in [3.05, 3.63) is 29.8 Å². The number of azo groups is 1. The summed E-state index contributed by atoms with van der Waals surface area (Å²) >= 11 is 0. The van der Waals surface area contributed by atoms with E-state index in [1.807, 2.05) is 32.9 Å². The molecule has 1 aromatic carbocycles. The van der Waals surface area contributed by atoms with Crippen LogP contribution in [0.1, 0.15) is 19.4 Å². The topological polar surface area (TPSA) is 68.1 Å². The first-order valence-corrected chi connectivity index (χ1v) is 7.64. The van der Waals surface area contributed by atoms with Crippen LogP contribution in [-0.4, -0.2) is 27.7 Å². The van der Waals surface area contributed by atoms with E-state index < -0.39 is 27.1 Å². The molecular formula is C14H16N2O3S. The van der Waals surface area contributed by atoms with Gasteiger partial charge < -0.3 is 4.74 Å². The monoisotopic (exact) mass is 292 g/mol. The Labute approximate surface area is 119 Å². The highest BCUT2D eigenvalue weighted by Gasteiger charge is 2.70. The van der Waals surface area contributed by atoms with Crippen molar-refractivity contribution in [2.45, 2.75) is 36.6 Å². The number of rotatable bonds is 2. The molecule has 0 spiro atoms. The molecule has 5 nitrogen and oxygen atoms in total. The second kappa shape index (κ2) is 4.22. The summed E-state index contributed by atoms with van der Waals surface area (Å²) < 4.78 is 18.2. The van der Waals surface area contributed by atoms with Crippen LogP contribution in [-0.2, 0) is 20.3 Å². The van der Waals surface area contributed by atoms with Gasteiger partial charge in [-0.15, -0.1) is 0 Å². The van der Waals surface area contributed by atoms with Crippen LogP contribution in [0.3, 0.4) is 0 Å². The van der Waals surface area contributed by atoms with Crippen molar-refractivity contribution in [2.24, 2.45) is 15.6 Å². The summed E-state index contributed by atoms with van der Waals surface area (Å²) in [6.45, 7) is 5.90. The van der Waals surface area contributed by atoms with Gasteiger partial charge in [-0.2, -0.15) is 10.2 Å². The summed E-state index contributed by atoms with van der Waals surface area (Å²) in [5, 5.41) is 8.22. The van der Waals surface area contributed by atoms with E-state index in [0.717, 1.165) is 5.56 Å². The molecule has 2 heterocycles. The molecule has 1 aromatic rings. The van der Waals surface area contributed by atoms with Crippen LogP contribution in [0.5, 0.6) is 0 Å². The zero-order valence-corrected chi connectivity index (χ0v) is 12.4. The highest BCUT2D eigenvalue weighted by atomic mass is 32.2. The van der Waals surface area contributed by atoms with Crippen LogP contribution in [0, 0.1) is 12.3 Å². The third-order valence-electron chi connectivity index (χ3n) is 4.35. The number of aryl methyl sites for hydroxylation is 1. The highest BCUT2D eigenvalue weighted by molar-refractivity contribution is 7.87. The van der Waals surface area contributed by atoms with Gasteiger partial charge in [0.2, 0.25) is 0 Å². The SMILES string of the molecule is Cc1ccc(S(=O)[C@]23N=N[C@@H](C)[C@@]2(C)COC3=O)cc1. The quantitative estimate of drug-likeness (QED) is 0.785. The Hall–Kier alpha value is -1.56. The van der Waals surface area contributed by atoms with E-state index in [1.54, 1.807) is 12.1 Å². The molecule has 106 valence electrons. The van der Waals surface area contributed by atoms with Crippen molar-refractivity contribution < 1.29 is 13.7 Å². The number of hydrogen-bond donors (Lipinski definition) is 0. The number of esters is 1. The van der Waals surface area contributed by atoms with E-state index in [1.165, 1.54) is 0 Å². The normalized spacial score (nSPS) is 36.8. The lowest BCUT2D eigenvalue weighted by Crippen LogP contribution is -2.50. The molecule has 0 aromatic heterocycles. The third kappa shape index (κ3) is 1.48. The molecule has 3 rings (SSSR count). The van der Waals surface area contributed by atoms with Gasteiger partial charge in [0.05, 0.1) is 22.3 Å². The minimum atomic E-state index is -1.62. The number of carbonyl (C=O) groups excluding carboxylic acids is 1. The minimum Gasteiger partial charge on any atom is -0.462 e. The van der Waals surface area contributed by atoms with E-state index in [9.17, 15) is 9.00 Å². The van der Waals surface area contributed by atoms with Crippen molar-refractivity contribution >= 4 is 16.8 Å². The predicted octanol–water partition coefficient (Wildman–Crippen LogP) is 2.22. The summed E-state index contributed by atoms with van der Waals surface area (Å²) in [4.78, 5) is 11.4. The van der Waals surface area contributed by atoms with Crippen molar-refractivity contribution in [1.82, 2.24) is 0 Å². The molecule has 2 aliphatic heterocycles. The molecule has 1 fully saturated rings. The largest absolute Gasteiger partial charge is 0.462 e. The van der Waals surface area contributed by atoms with Gasteiger partial charge >= 0.3 is 5.97 Å². The first-order valence-electron chi connectivity index (χ1n) is 6.49. The molecule has 0 N–H and O–H groups in total. The first kappa shape index (κ1) is 13.4. The van der Waals surface area contributed by atoms with Gasteiger partial charge in [0.1, 0.15) is 6.61 Å². The summed E-state index contributed by atoms with van der Waals surface area (Å²) in [5.74, 6) is -0.535. The molecule has 0 bridgehead atoms. The van der Waals surface area contributed by atoms with E-state index in [2.05, 4.69) is 10.2 Å². The van der Waals surface area contributed by atoms with Crippen LogP contribution in [0.15, 0.2) is 39.4 Å². The minimum absolute atomic E-state index is 0.191. The lowest BCUT2D eigenvalue weighted by atomic mass is 9.80. The van der Waals surface area contributed by atoms with Crippen molar-refractivity contribution in [2.75, 3.05) is 6.61 Å². The van der Waals surface area contributed by atoms with Gasteiger partial charge in [-0.25, -0.2) is 4.79 Å². The van der Waals surface area contributed by atoms with E-state index in [-0.39, 0.29) is 12.6 Å². The fourth-order valence-electron chi connectivity index (χ4n) is 2.66. The van der Waals surface area contributed by atoms with Crippen molar-refractivity contribution in [3.63, 3.8) is 0 Å². The number of hydrogen-bond acceptors (Lipinski definition) is 5. The standard InChI is InChI=1S/C14H16N2O3S/c1-9-4-6-11(7-5-9)20(18)14-12(17)19-8-13(14,3)10(2)15-16-14/h4-7,10H,8H2,1-3H3/t10-,13+,14-,20?/m0/s1. The lowest BCUT2D eigenvalue weighted by molar-refractivity contribution is -0.140. The number of ether oxygens (including phenoxy) is 1. The average Bonchev–Trinajstić information content (AvgIpc) is 2.85. The van der Waals surface area contributed by atoms with E-state index >= 15 is 0 Å². The van der Waals surface area contributed by atoms with Crippen LogP contribution >= 0.6 is 0 Å². The Bertz CT molecular complexity index is 628. The molecule has 0 saturated carbocycles. The number of benzene rings is 1.